The highest BCUT2D eigenvalue weighted by Gasteiger charge is 2.24. The monoisotopic (exact) mass is 806 g/mol. The van der Waals surface area contributed by atoms with Crippen molar-refractivity contribution >= 4 is 11.9 Å². The number of carbonyl (C=O) groups excluding carboxylic acids is 2. The summed E-state index contributed by atoms with van der Waals surface area (Å²) in [5, 5.41) is 23.7. The Balaban J connectivity index is 4.51. The Labute approximate surface area is 355 Å². The summed E-state index contributed by atoms with van der Waals surface area (Å²) in [4.78, 5) is 26.1. The van der Waals surface area contributed by atoms with Crippen LogP contribution in [0.4, 0.5) is 0 Å². The number of amides is 1. The van der Waals surface area contributed by atoms with E-state index >= 15 is 0 Å². The lowest BCUT2D eigenvalue weighted by molar-refractivity contribution is -0.151. The summed E-state index contributed by atoms with van der Waals surface area (Å²) < 4.78 is 5.91. The van der Waals surface area contributed by atoms with E-state index < -0.39 is 18.2 Å². The fourth-order valence-electron chi connectivity index (χ4n) is 7.96. The maximum atomic E-state index is 13.1. The molecule has 0 radical (unpaired) electrons. The summed E-state index contributed by atoms with van der Waals surface area (Å²) in [7, 11) is 0. The van der Waals surface area contributed by atoms with Gasteiger partial charge in [0.1, 0.15) is 6.10 Å². The van der Waals surface area contributed by atoms with Crippen molar-refractivity contribution in [1.82, 2.24) is 5.32 Å². The van der Waals surface area contributed by atoms with Crippen molar-refractivity contribution in [2.75, 3.05) is 6.61 Å². The van der Waals surface area contributed by atoms with Crippen LogP contribution in [0.15, 0.2) is 12.2 Å². The molecule has 6 heteroatoms. The van der Waals surface area contributed by atoms with Gasteiger partial charge >= 0.3 is 5.97 Å². The van der Waals surface area contributed by atoms with Gasteiger partial charge in [-0.25, -0.2) is 0 Å². The van der Waals surface area contributed by atoms with Gasteiger partial charge in [0, 0.05) is 6.42 Å². The van der Waals surface area contributed by atoms with E-state index in [4.69, 9.17) is 4.74 Å². The molecule has 0 aliphatic heterocycles. The maximum Gasteiger partial charge on any atom is 0.306 e. The fraction of sp³-hybridized carbons (Fsp3) is 0.922. The van der Waals surface area contributed by atoms with Crippen molar-refractivity contribution < 1.29 is 24.5 Å². The molecule has 0 aromatic heterocycles. The third-order valence-corrected chi connectivity index (χ3v) is 11.8. The first kappa shape index (κ1) is 55.6. The second-order valence-electron chi connectivity index (χ2n) is 17.6. The number of allylic oxidation sites excluding steroid dienone is 2. The quantitative estimate of drug-likeness (QED) is 0.0323. The SMILES string of the molecule is CCCCCCCC/C=C\CCCC(CC(=O)NC(CO)C(O)CCCCCCCCCCCCC)OC(=O)CCCCCCCCCCCCCCCCCC. The lowest BCUT2D eigenvalue weighted by Gasteiger charge is -2.24. The van der Waals surface area contributed by atoms with Crippen molar-refractivity contribution in [3.8, 4) is 0 Å². The lowest BCUT2D eigenvalue weighted by Crippen LogP contribution is -2.46. The second kappa shape index (κ2) is 45.7. The highest BCUT2D eigenvalue weighted by atomic mass is 16.5. The molecule has 0 rings (SSSR count). The average Bonchev–Trinajstić information content (AvgIpc) is 3.20. The number of hydrogen-bond donors (Lipinski definition) is 3. The molecule has 3 atom stereocenters. The number of unbranched alkanes of at least 4 members (excludes halogenated alkanes) is 32. The molecule has 1 amide bonds. The zero-order valence-electron chi connectivity index (χ0n) is 38.5. The van der Waals surface area contributed by atoms with Crippen LogP contribution < -0.4 is 5.32 Å². The molecule has 0 fully saturated rings. The van der Waals surface area contributed by atoms with Gasteiger partial charge in [-0.1, -0.05) is 232 Å². The van der Waals surface area contributed by atoms with E-state index in [1.807, 2.05) is 0 Å². The topological polar surface area (TPSA) is 95.9 Å². The summed E-state index contributed by atoms with van der Waals surface area (Å²) in [5.41, 5.74) is 0. The molecule has 0 aliphatic rings. The minimum atomic E-state index is -0.787. The number of aliphatic hydroxyl groups is 2. The van der Waals surface area contributed by atoms with Crippen LogP contribution in [0.3, 0.4) is 0 Å². The third kappa shape index (κ3) is 41.1. The van der Waals surface area contributed by atoms with Gasteiger partial charge in [0.05, 0.1) is 25.2 Å². The number of aliphatic hydroxyl groups excluding tert-OH is 2. The Bertz CT molecular complexity index is 863. The van der Waals surface area contributed by atoms with Gasteiger partial charge in [0.25, 0.3) is 0 Å². The maximum absolute atomic E-state index is 13.1. The van der Waals surface area contributed by atoms with Crippen molar-refractivity contribution in [3.63, 3.8) is 0 Å². The molecule has 6 nitrogen and oxygen atoms in total. The van der Waals surface area contributed by atoms with Crippen molar-refractivity contribution in [1.29, 1.82) is 0 Å². The van der Waals surface area contributed by atoms with Crippen LogP contribution in [-0.4, -0.2) is 46.9 Å². The highest BCUT2D eigenvalue weighted by molar-refractivity contribution is 5.77. The van der Waals surface area contributed by atoms with Gasteiger partial charge < -0.3 is 20.3 Å². The van der Waals surface area contributed by atoms with Gasteiger partial charge in [-0.15, -0.1) is 0 Å². The van der Waals surface area contributed by atoms with Crippen molar-refractivity contribution in [2.24, 2.45) is 0 Å². The standard InChI is InChI=1S/C51H99NO5/c1-4-7-10-13-16-19-22-23-24-25-26-29-32-35-38-41-44-51(56)57-47(42-39-36-33-30-27-20-17-14-11-8-5-2)45-50(55)52-48(46-53)49(54)43-40-37-34-31-28-21-18-15-12-9-6-3/h30,33,47-49,53-54H,4-29,31-32,34-46H2,1-3H3,(H,52,55)/b33-30-. The molecule has 0 aromatic rings. The molecule has 3 N–H and O–H groups in total. The number of carbonyl (C=O) groups is 2. The Morgan fingerprint density at radius 3 is 1.28 bits per heavy atom. The van der Waals surface area contributed by atoms with E-state index in [0.29, 0.717) is 19.3 Å². The lowest BCUT2D eigenvalue weighted by atomic mass is 10.0. The Kier molecular flexibility index (Phi) is 44.6. The summed E-state index contributed by atoms with van der Waals surface area (Å²) in [5.74, 6) is -0.488. The normalized spacial score (nSPS) is 13.3. The number of ether oxygens (including phenoxy) is 1. The molecule has 57 heavy (non-hydrogen) atoms. The van der Waals surface area contributed by atoms with Crippen LogP contribution in [0.1, 0.15) is 278 Å². The zero-order chi connectivity index (χ0) is 41.7. The fourth-order valence-corrected chi connectivity index (χ4v) is 7.96. The van der Waals surface area contributed by atoms with E-state index in [2.05, 4.69) is 38.2 Å². The predicted molar refractivity (Wildman–Crippen MR) is 246 cm³/mol. The van der Waals surface area contributed by atoms with Crippen molar-refractivity contribution in [2.45, 2.75) is 296 Å². The number of nitrogens with one attached hydrogen (secondary N) is 1. The minimum Gasteiger partial charge on any atom is -0.462 e. The second-order valence-corrected chi connectivity index (χ2v) is 17.6. The van der Waals surface area contributed by atoms with Gasteiger partial charge in [0.15, 0.2) is 0 Å². The predicted octanol–water partition coefficient (Wildman–Crippen LogP) is 15.0. The van der Waals surface area contributed by atoms with E-state index in [0.717, 1.165) is 51.4 Å². The van der Waals surface area contributed by atoms with Crippen LogP contribution in [0.25, 0.3) is 0 Å². The zero-order valence-corrected chi connectivity index (χ0v) is 38.5. The Morgan fingerprint density at radius 1 is 0.491 bits per heavy atom. The molecular formula is C51H99NO5. The largest absolute Gasteiger partial charge is 0.462 e. The number of hydrogen-bond acceptors (Lipinski definition) is 5. The van der Waals surface area contributed by atoms with Crippen LogP contribution in [0.5, 0.6) is 0 Å². The molecular weight excluding hydrogens is 707 g/mol. The molecule has 0 heterocycles. The molecule has 3 unspecified atom stereocenters. The van der Waals surface area contributed by atoms with Gasteiger partial charge in [-0.3, -0.25) is 9.59 Å². The molecule has 338 valence electrons. The molecule has 0 bridgehead atoms. The highest BCUT2D eigenvalue weighted by Crippen LogP contribution is 2.18. The van der Waals surface area contributed by atoms with Crippen LogP contribution in [0, 0.1) is 0 Å². The minimum absolute atomic E-state index is 0.0633. The van der Waals surface area contributed by atoms with Crippen LogP contribution in [0.2, 0.25) is 0 Å². The van der Waals surface area contributed by atoms with Gasteiger partial charge in [-0.2, -0.15) is 0 Å². The molecule has 0 aromatic carbocycles. The van der Waals surface area contributed by atoms with E-state index in [1.54, 1.807) is 0 Å². The number of esters is 1. The van der Waals surface area contributed by atoms with E-state index in [1.165, 1.54) is 180 Å². The smallest absolute Gasteiger partial charge is 0.306 e. The Morgan fingerprint density at radius 2 is 0.860 bits per heavy atom. The molecule has 0 aliphatic carbocycles. The number of rotatable bonds is 46. The van der Waals surface area contributed by atoms with Crippen LogP contribution >= 0.6 is 0 Å². The Hall–Kier alpha value is -1.40. The van der Waals surface area contributed by atoms with E-state index in [-0.39, 0.29) is 24.9 Å². The summed E-state index contributed by atoms with van der Waals surface area (Å²) in [6.45, 7) is 6.47. The third-order valence-electron chi connectivity index (χ3n) is 11.8. The summed E-state index contributed by atoms with van der Waals surface area (Å²) >= 11 is 0. The summed E-state index contributed by atoms with van der Waals surface area (Å²) in [6.07, 6.45) is 49.9. The van der Waals surface area contributed by atoms with Crippen LogP contribution in [-0.2, 0) is 14.3 Å². The summed E-state index contributed by atoms with van der Waals surface area (Å²) in [6, 6.07) is -0.702. The van der Waals surface area contributed by atoms with Gasteiger partial charge in [0.2, 0.25) is 5.91 Å². The first-order chi connectivity index (χ1) is 28.0. The molecule has 0 spiro atoms. The molecule has 0 saturated carbocycles. The first-order valence-corrected chi connectivity index (χ1v) is 25.4. The molecule has 0 saturated heterocycles. The van der Waals surface area contributed by atoms with E-state index in [9.17, 15) is 19.8 Å². The first-order valence-electron chi connectivity index (χ1n) is 25.4. The van der Waals surface area contributed by atoms with Crippen molar-refractivity contribution in [3.05, 3.63) is 12.2 Å². The van der Waals surface area contributed by atoms with Gasteiger partial charge in [-0.05, 0) is 44.9 Å². The average molecular weight is 806 g/mol.